The number of hydrogen-bond donors (Lipinski definition) is 1. The minimum absolute atomic E-state index is 0.296. The fourth-order valence-electron chi connectivity index (χ4n) is 2.91. The maximum Gasteiger partial charge on any atom is 0.249 e. The first kappa shape index (κ1) is 18.9. The van der Waals surface area contributed by atoms with Gasteiger partial charge in [-0.2, -0.15) is 4.98 Å². The molecule has 0 aliphatic rings. The van der Waals surface area contributed by atoms with Crippen molar-refractivity contribution in [3.63, 3.8) is 0 Å². The molecule has 0 saturated carbocycles. The van der Waals surface area contributed by atoms with Crippen molar-refractivity contribution in [1.29, 1.82) is 0 Å². The molecule has 10 heteroatoms. The lowest BCUT2D eigenvalue weighted by molar-refractivity contribution is 0.628. The van der Waals surface area contributed by atoms with Gasteiger partial charge in [0.15, 0.2) is 5.82 Å². The SMILES string of the molecule is Fc1ccc(-c2ccc(Nc3nc4scc(-c5ccc(Cl)cc5Cl)n4n3)nn2)cc1. The number of nitrogens with zero attached hydrogens (tertiary/aromatic N) is 5. The lowest BCUT2D eigenvalue weighted by Gasteiger charge is -2.03. The lowest BCUT2D eigenvalue weighted by atomic mass is 10.1. The van der Waals surface area contributed by atoms with Gasteiger partial charge in [0.25, 0.3) is 0 Å². The van der Waals surface area contributed by atoms with Crippen LogP contribution in [-0.2, 0) is 0 Å². The summed E-state index contributed by atoms with van der Waals surface area (Å²) in [6.45, 7) is 0. The monoisotopic (exact) mass is 456 g/mol. The van der Waals surface area contributed by atoms with Crippen LogP contribution in [0, 0.1) is 5.82 Å². The third kappa shape index (κ3) is 3.60. The van der Waals surface area contributed by atoms with E-state index in [2.05, 4.69) is 25.6 Å². The molecule has 30 heavy (non-hydrogen) atoms. The fraction of sp³-hybridized carbons (Fsp3) is 0. The van der Waals surface area contributed by atoms with Gasteiger partial charge in [-0.05, 0) is 54.6 Å². The van der Waals surface area contributed by atoms with E-state index < -0.39 is 0 Å². The van der Waals surface area contributed by atoms with Crippen LogP contribution in [-0.4, -0.2) is 24.8 Å². The Morgan fingerprint density at radius 3 is 2.53 bits per heavy atom. The standard InChI is InChI=1S/C20H11Cl2FN6S/c21-12-3-6-14(15(22)9-12)17-10-30-20-25-19(28-29(17)20)24-18-8-7-16(26-27-18)11-1-4-13(23)5-2-11/h1-10H,(H,24,27,28). The van der Waals surface area contributed by atoms with Crippen LogP contribution in [0.25, 0.3) is 27.5 Å². The van der Waals surface area contributed by atoms with Gasteiger partial charge in [0, 0.05) is 21.5 Å². The van der Waals surface area contributed by atoms with Gasteiger partial charge in [-0.25, -0.2) is 8.91 Å². The molecule has 3 heterocycles. The van der Waals surface area contributed by atoms with Gasteiger partial charge in [-0.15, -0.1) is 26.6 Å². The molecule has 0 aliphatic heterocycles. The summed E-state index contributed by atoms with van der Waals surface area (Å²) in [5, 5.41) is 18.9. The minimum atomic E-state index is -0.296. The Kier molecular flexibility index (Phi) is 4.82. The van der Waals surface area contributed by atoms with Crippen molar-refractivity contribution < 1.29 is 4.39 Å². The Balaban J connectivity index is 1.41. The van der Waals surface area contributed by atoms with E-state index in [1.54, 1.807) is 40.9 Å². The molecule has 1 N–H and O–H groups in total. The van der Waals surface area contributed by atoms with Crippen LogP contribution in [0.4, 0.5) is 16.2 Å². The van der Waals surface area contributed by atoms with Crippen molar-refractivity contribution in [1.82, 2.24) is 24.8 Å². The second-order valence-corrected chi connectivity index (χ2v) is 7.99. The molecule has 0 amide bonds. The third-order valence-electron chi connectivity index (χ3n) is 4.33. The van der Waals surface area contributed by atoms with E-state index in [1.165, 1.54) is 23.5 Å². The Labute approximate surface area is 183 Å². The molecule has 2 aromatic carbocycles. The quantitative estimate of drug-likeness (QED) is 0.353. The summed E-state index contributed by atoms with van der Waals surface area (Å²) in [4.78, 5) is 5.18. The number of anilines is 2. The van der Waals surface area contributed by atoms with Crippen molar-refractivity contribution in [2.75, 3.05) is 5.32 Å². The number of rotatable bonds is 4. The highest BCUT2D eigenvalue weighted by Gasteiger charge is 2.14. The first-order valence-electron chi connectivity index (χ1n) is 8.73. The van der Waals surface area contributed by atoms with Gasteiger partial charge in [-0.3, -0.25) is 0 Å². The zero-order chi connectivity index (χ0) is 20.7. The molecule has 0 bridgehead atoms. The molecule has 0 atom stereocenters. The Morgan fingerprint density at radius 1 is 0.967 bits per heavy atom. The highest BCUT2D eigenvalue weighted by molar-refractivity contribution is 7.15. The molecule has 148 valence electrons. The molecule has 5 aromatic rings. The second-order valence-electron chi connectivity index (χ2n) is 6.31. The molecule has 0 aliphatic carbocycles. The molecule has 6 nitrogen and oxygen atoms in total. The van der Waals surface area contributed by atoms with Crippen molar-refractivity contribution in [2.24, 2.45) is 0 Å². The normalized spacial score (nSPS) is 11.2. The van der Waals surface area contributed by atoms with Crippen molar-refractivity contribution in [3.05, 3.63) is 75.8 Å². The maximum absolute atomic E-state index is 13.1. The van der Waals surface area contributed by atoms with E-state index >= 15 is 0 Å². The number of fused-ring (bicyclic) bond motifs is 1. The third-order valence-corrected chi connectivity index (χ3v) is 5.70. The average Bonchev–Trinajstić information content (AvgIpc) is 3.30. The predicted molar refractivity (Wildman–Crippen MR) is 117 cm³/mol. The Hall–Kier alpha value is -3.07. The summed E-state index contributed by atoms with van der Waals surface area (Å²) in [6, 6.07) is 14.9. The smallest absolute Gasteiger partial charge is 0.249 e. The van der Waals surface area contributed by atoms with E-state index in [-0.39, 0.29) is 5.82 Å². The van der Waals surface area contributed by atoms with E-state index in [9.17, 15) is 4.39 Å². The van der Waals surface area contributed by atoms with Gasteiger partial charge in [-0.1, -0.05) is 23.2 Å². The van der Waals surface area contributed by atoms with Gasteiger partial charge in [0.2, 0.25) is 10.9 Å². The number of nitrogens with one attached hydrogen (secondary N) is 1. The highest BCUT2D eigenvalue weighted by Crippen LogP contribution is 2.33. The number of halogens is 3. The van der Waals surface area contributed by atoms with E-state index in [0.29, 0.717) is 32.5 Å². The lowest BCUT2D eigenvalue weighted by Crippen LogP contribution is -1.98. The summed E-state index contributed by atoms with van der Waals surface area (Å²) in [5.41, 5.74) is 3.04. The molecule has 3 aromatic heterocycles. The number of aromatic nitrogens is 5. The average molecular weight is 457 g/mol. The van der Waals surface area contributed by atoms with Gasteiger partial charge in [0.05, 0.1) is 16.4 Å². The molecule has 0 radical (unpaired) electrons. The number of hydrogen-bond acceptors (Lipinski definition) is 6. The minimum Gasteiger partial charge on any atom is -0.306 e. The maximum atomic E-state index is 13.1. The van der Waals surface area contributed by atoms with Gasteiger partial charge >= 0.3 is 0 Å². The van der Waals surface area contributed by atoms with Crippen LogP contribution in [0.15, 0.2) is 60.0 Å². The van der Waals surface area contributed by atoms with Crippen LogP contribution >= 0.6 is 34.5 Å². The highest BCUT2D eigenvalue weighted by atomic mass is 35.5. The van der Waals surface area contributed by atoms with Crippen LogP contribution < -0.4 is 5.32 Å². The molecule has 0 spiro atoms. The molecular formula is C20H11Cl2FN6S. The first-order valence-corrected chi connectivity index (χ1v) is 10.4. The number of benzene rings is 2. The molecule has 0 unspecified atom stereocenters. The number of thiazole rings is 1. The molecule has 5 rings (SSSR count). The molecule has 0 saturated heterocycles. The molecule has 0 fully saturated rings. The van der Waals surface area contributed by atoms with Crippen molar-refractivity contribution in [3.8, 4) is 22.5 Å². The van der Waals surface area contributed by atoms with Crippen LogP contribution in [0.1, 0.15) is 0 Å². The molecular weight excluding hydrogens is 446 g/mol. The predicted octanol–water partition coefficient (Wildman–Crippen LogP) is 6.10. The zero-order valence-corrected chi connectivity index (χ0v) is 17.4. The van der Waals surface area contributed by atoms with E-state index in [4.69, 9.17) is 23.2 Å². The fourth-order valence-corrected chi connectivity index (χ4v) is 4.23. The van der Waals surface area contributed by atoms with E-state index in [1.807, 2.05) is 11.4 Å². The van der Waals surface area contributed by atoms with Crippen LogP contribution in [0.2, 0.25) is 10.0 Å². The van der Waals surface area contributed by atoms with Crippen molar-refractivity contribution in [2.45, 2.75) is 0 Å². The van der Waals surface area contributed by atoms with Crippen LogP contribution in [0.3, 0.4) is 0 Å². The summed E-state index contributed by atoms with van der Waals surface area (Å²) in [5.74, 6) is 0.581. The summed E-state index contributed by atoms with van der Waals surface area (Å²) >= 11 is 13.8. The summed E-state index contributed by atoms with van der Waals surface area (Å²) in [6.07, 6.45) is 0. The topological polar surface area (TPSA) is 68.0 Å². The van der Waals surface area contributed by atoms with Crippen LogP contribution in [0.5, 0.6) is 0 Å². The largest absolute Gasteiger partial charge is 0.306 e. The van der Waals surface area contributed by atoms with E-state index in [0.717, 1.165) is 16.8 Å². The van der Waals surface area contributed by atoms with Gasteiger partial charge < -0.3 is 5.32 Å². The summed E-state index contributed by atoms with van der Waals surface area (Å²) in [7, 11) is 0. The van der Waals surface area contributed by atoms with Gasteiger partial charge in [0.1, 0.15) is 5.82 Å². The first-order chi connectivity index (χ1) is 14.6. The Bertz CT molecular complexity index is 1350. The zero-order valence-electron chi connectivity index (χ0n) is 15.1. The van der Waals surface area contributed by atoms with Crippen molar-refractivity contribution >= 4 is 51.3 Å². The summed E-state index contributed by atoms with van der Waals surface area (Å²) < 4.78 is 14.8. The second kappa shape index (κ2) is 7.64. The Morgan fingerprint density at radius 2 is 1.80 bits per heavy atom.